The molecule has 1 atom stereocenters. The van der Waals surface area contributed by atoms with E-state index in [2.05, 4.69) is 20.8 Å². The van der Waals surface area contributed by atoms with Crippen LogP contribution >= 0.6 is 11.8 Å². The topological polar surface area (TPSA) is 91.2 Å². The fourth-order valence-electron chi connectivity index (χ4n) is 1.96. The van der Waals surface area contributed by atoms with Gasteiger partial charge >= 0.3 is 0 Å². The van der Waals surface area contributed by atoms with Gasteiger partial charge in [0.1, 0.15) is 11.4 Å². The second-order valence-electron chi connectivity index (χ2n) is 4.76. The first-order chi connectivity index (χ1) is 11.2. The van der Waals surface area contributed by atoms with Crippen LogP contribution < -0.4 is 10.1 Å². The number of methoxy groups -OCH3 is 2. The van der Waals surface area contributed by atoms with Gasteiger partial charge in [-0.05, 0) is 29.5 Å². The fraction of sp³-hybridized carbons (Fsp3) is 0.429. The van der Waals surface area contributed by atoms with Crippen LogP contribution in [0.5, 0.6) is 5.75 Å². The molecule has 1 heterocycles. The first-order valence-corrected chi connectivity index (χ1v) is 7.97. The average Bonchev–Trinajstić information content (AvgIpc) is 3.01. The lowest BCUT2D eigenvalue weighted by molar-refractivity contribution is -0.119. The molecule has 0 spiro atoms. The summed E-state index contributed by atoms with van der Waals surface area (Å²) in [6.07, 6.45) is 0. The Bertz CT molecular complexity index is 649. The average molecular weight is 337 g/mol. The van der Waals surface area contributed by atoms with Gasteiger partial charge in [0.15, 0.2) is 0 Å². The molecule has 0 radical (unpaired) electrons. The molecule has 0 fully saturated rings. The Morgan fingerprint density at radius 3 is 2.91 bits per heavy atom. The molecule has 1 N–H and O–H groups in total. The third-order valence-corrected chi connectivity index (χ3v) is 3.83. The summed E-state index contributed by atoms with van der Waals surface area (Å²) in [6.45, 7) is 2.35. The summed E-state index contributed by atoms with van der Waals surface area (Å²) in [5.41, 5.74) is 0.718. The van der Waals surface area contributed by atoms with Crippen molar-refractivity contribution in [3.05, 3.63) is 24.3 Å². The number of rotatable bonds is 8. The quantitative estimate of drug-likeness (QED) is 0.716. The summed E-state index contributed by atoms with van der Waals surface area (Å²) in [5.74, 6) is 0.762. The number of benzene rings is 1. The van der Waals surface area contributed by atoms with Crippen molar-refractivity contribution >= 4 is 17.7 Å². The Kier molecular flexibility index (Phi) is 6.36. The minimum atomic E-state index is -0.103. The van der Waals surface area contributed by atoms with Gasteiger partial charge in [0.25, 0.3) is 0 Å². The van der Waals surface area contributed by atoms with Gasteiger partial charge in [-0.15, -0.1) is 5.10 Å². The second kappa shape index (κ2) is 8.49. The number of nitrogens with one attached hydrogen (secondary N) is 1. The monoisotopic (exact) mass is 337 g/mol. The van der Waals surface area contributed by atoms with Crippen LogP contribution in [0.3, 0.4) is 0 Å². The predicted molar refractivity (Wildman–Crippen MR) is 85.9 cm³/mol. The van der Waals surface area contributed by atoms with E-state index in [9.17, 15) is 4.79 Å². The van der Waals surface area contributed by atoms with Gasteiger partial charge in [-0.3, -0.25) is 4.79 Å². The van der Waals surface area contributed by atoms with E-state index >= 15 is 0 Å². The number of para-hydroxylation sites is 2. The van der Waals surface area contributed by atoms with E-state index in [4.69, 9.17) is 9.47 Å². The Balaban J connectivity index is 2.03. The summed E-state index contributed by atoms with van der Waals surface area (Å²) in [7, 11) is 3.18. The van der Waals surface area contributed by atoms with Crippen molar-refractivity contribution in [2.75, 3.05) is 26.6 Å². The maximum absolute atomic E-state index is 11.9. The van der Waals surface area contributed by atoms with Gasteiger partial charge in [0, 0.05) is 13.2 Å². The molecule has 23 heavy (non-hydrogen) atoms. The molecule has 1 aromatic carbocycles. The highest BCUT2D eigenvalue weighted by molar-refractivity contribution is 7.99. The third-order valence-electron chi connectivity index (χ3n) is 2.91. The largest absolute Gasteiger partial charge is 0.494 e. The summed E-state index contributed by atoms with van der Waals surface area (Å²) in [6, 6.07) is 7.36. The summed E-state index contributed by atoms with van der Waals surface area (Å²) in [4.78, 5) is 11.9. The van der Waals surface area contributed by atoms with Gasteiger partial charge in [0.05, 0.1) is 19.5 Å². The van der Waals surface area contributed by atoms with E-state index in [1.54, 1.807) is 18.9 Å². The zero-order valence-corrected chi connectivity index (χ0v) is 14.0. The molecule has 0 saturated carbocycles. The number of thioether (sulfide) groups is 1. The first-order valence-electron chi connectivity index (χ1n) is 6.98. The number of carbonyl (C=O) groups is 1. The molecular formula is C14H19N5O3S. The third kappa shape index (κ3) is 4.67. The van der Waals surface area contributed by atoms with E-state index in [0.29, 0.717) is 17.5 Å². The van der Waals surface area contributed by atoms with Gasteiger partial charge in [0.2, 0.25) is 11.1 Å². The van der Waals surface area contributed by atoms with Crippen LogP contribution in [0.25, 0.3) is 5.69 Å². The number of ether oxygens (including phenoxy) is 2. The van der Waals surface area contributed by atoms with Crippen LogP contribution in [-0.2, 0) is 9.53 Å². The van der Waals surface area contributed by atoms with E-state index in [-0.39, 0.29) is 17.7 Å². The Labute approximate surface area is 138 Å². The molecule has 0 aliphatic heterocycles. The Morgan fingerprint density at radius 2 is 2.17 bits per heavy atom. The van der Waals surface area contributed by atoms with Crippen LogP contribution in [0.2, 0.25) is 0 Å². The molecule has 1 aromatic heterocycles. The molecular weight excluding hydrogens is 318 g/mol. The lowest BCUT2D eigenvalue weighted by Crippen LogP contribution is -2.36. The zero-order valence-electron chi connectivity index (χ0n) is 13.2. The van der Waals surface area contributed by atoms with Crippen LogP contribution in [0, 0.1) is 0 Å². The molecule has 2 aromatic rings. The highest BCUT2D eigenvalue weighted by atomic mass is 32.2. The van der Waals surface area contributed by atoms with Gasteiger partial charge in [-0.1, -0.05) is 23.9 Å². The smallest absolute Gasteiger partial charge is 0.230 e. The van der Waals surface area contributed by atoms with Crippen molar-refractivity contribution in [3.8, 4) is 11.4 Å². The lowest BCUT2D eigenvalue weighted by Gasteiger charge is -2.12. The van der Waals surface area contributed by atoms with Crippen molar-refractivity contribution in [1.82, 2.24) is 25.5 Å². The number of aromatic nitrogens is 4. The normalized spacial score (nSPS) is 12.0. The van der Waals surface area contributed by atoms with Gasteiger partial charge < -0.3 is 14.8 Å². The molecule has 0 aliphatic rings. The van der Waals surface area contributed by atoms with Crippen LogP contribution in [0.15, 0.2) is 29.4 Å². The molecule has 1 amide bonds. The molecule has 0 saturated heterocycles. The van der Waals surface area contributed by atoms with Crippen molar-refractivity contribution < 1.29 is 14.3 Å². The maximum Gasteiger partial charge on any atom is 0.230 e. The predicted octanol–water partition coefficient (Wildman–Crippen LogP) is 0.914. The zero-order chi connectivity index (χ0) is 16.7. The van der Waals surface area contributed by atoms with Crippen molar-refractivity contribution in [2.24, 2.45) is 0 Å². The minimum Gasteiger partial charge on any atom is -0.494 e. The number of carbonyl (C=O) groups excluding carboxylic acids is 1. The Morgan fingerprint density at radius 1 is 1.39 bits per heavy atom. The van der Waals surface area contributed by atoms with Crippen molar-refractivity contribution in [3.63, 3.8) is 0 Å². The number of tetrazole rings is 1. The first kappa shape index (κ1) is 17.2. The summed E-state index contributed by atoms with van der Waals surface area (Å²) in [5, 5.41) is 15.0. The van der Waals surface area contributed by atoms with E-state index < -0.39 is 0 Å². The van der Waals surface area contributed by atoms with Crippen LogP contribution in [0.4, 0.5) is 0 Å². The van der Waals surface area contributed by atoms with Gasteiger partial charge in [-0.25, -0.2) is 0 Å². The number of hydrogen-bond donors (Lipinski definition) is 1. The van der Waals surface area contributed by atoms with Crippen LogP contribution in [0.1, 0.15) is 6.92 Å². The minimum absolute atomic E-state index is 0.0432. The van der Waals surface area contributed by atoms with E-state index in [0.717, 1.165) is 5.69 Å². The maximum atomic E-state index is 11.9. The Hall–Kier alpha value is -2.13. The molecule has 0 bridgehead atoms. The standard InChI is InChI=1S/C14H19N5O3S/c1-10(8-21-2)15-13(20)9-23-14-16-17-18-19(14)11-6-4-5-7-12(11)22-3/h4-7,10H,8-9H2,1-3H3,(H,15,20). The fourth-order valence-corrected chi connectivity index (χ4v) is 2.66. The highest BCUT2D eigenvalue weighted by Crippen LogP contribution is 2.25. The molecule has 124 valence electrons. The highest BCUT2D eigenvalue weighted by Gasteiger charge is 2.15. The SMILES string of the molecule is COCC(C)NC(=O)CSc1nnnn1-c1ccccc1OC. The van der Waals surface area contributed by atoms with E-state index in [1.165, 1.54) is 11.8 Å². The number of amides is 1. The molecule has 0 aliphatic carbocycles. The van der Waals surface area contributed by atoms with E-state index in [1.807, 2.05) is 31.2 Å². The van der Waals surface area contributed by atoms with Crippen LogP contribution in [-0.4, -0.2) is 58.7 Å². The van der Waals surface area contributed by atoms with Crippen molar-refractivity contribution in [1.29, 1.82) is 0 Å². The molecule has 2 rings (SSSR count). The molecule has 9 heteroatoms. The lowest BCUT2D eigenvalue weighted by atomic mass is 10.3. The summed E-state index contributed by atoms with van der Waals surface area (Å²) >= 11 is 1.25. The molecule has 8 nitrogen and oxygen atoms in total. The number of nitrogens with zero attached hydrogens (tertiary/aromatic N) is 4. The summed E-state index contributed by atoms with van der Waals surface area (Å²) < 4.78 is 11.8. The number of hydrogen-bond acceptors (Lipinski definition) is 7. The molecule has 1 unspecified atom stereocenters. The van der Waals surface area contributed by atoms with Gasteiger partial charge in [-0.2, -0.15) is 4.68 Å². The second-order valence-corrected chi connectivity index (χ2v) is 5.70. The van der Waals surface area contributed by atoms with Crippen molar-refractivity contribution in [2.45, 2.75) is 18.1 Å².